The van der Waals surface area contributed by atoms with Crippen LogP contribution in [0.25, 0.3) is 0 Å². The number of hydrogen-bond donors (Lipinski definition) is 1. The minimum Gasteiger partial charge on any atom is -0.444 e. The highest BCUT2D eigenvalue weighted by Crippen LogP contribution is 2.41. The van der Waals surface area contributed by atoms with Gasteiger partial charge in [0.15, 0.2) is 0 Å². The van der Waals surface area contributed by atoms with Gasteiger partial charge >= 0.3 is 6.09 Å². The summed E-state index contributed by atoms with van der Waals surface area (Å²) in [5.41, 5.74) is 0.900. The highest BCUT2D eigenvalue weighted by atomic mass is 16.6. The van der Waals surface area contributed by atoms with E-state index < -0.39 is 5.60 Å². The van der Waals surface area contributed by atoms with E-state index in [4.69, 9.17) is 4.74 Å². The van der Waals surface area contributed by atoms with E-state index in [1.165, 1.54) is 12.0 Å². The summed E-state index contributed by atoms with van der Waals surface area (Å²) >= 11 is 0. The van der Waals surface area contributed by atoms with Crippen LogP contribution in [0.15, 0.2) is 30.3 Å². The normalized spacial score (nSPS) is 28.0. The predicted molar refractivity (Wildman–Crippen MR) is 81.9 cm³/mol. The predicted octanol–water partition coefficient (Wildman–Crippen LogP) is 2.78. The molecule has 0 spiro atoms. The molecule has 2 heterocycles. The third-order valence-electron chi connectivity index (χ3n) is 4.32. The van der Waals surface area contributed by atoms with Gasteiger partial charge in [-0.15, -0.1) is 0 Å². The average Bonchev–Trinajstić information content (AvgIpc) is 2.92. The molecular formula is C17H24N2O2. The number of alkyl carbamates (subject to hydrolysis) is 1. The Hall–Kier alpha value is -1.55. The number of carbonyl (C=O) groups excluding carboxylic acids is 1. The Bertz CT molecular complexity index is 509. The van der Waals surface area contributed by atoms with E-state index >= 15 is 0 Å². The van der Waals surface area contributed by atoms with Crippen LogP contribution >= 0.6 is 0 Å². The number of fused-ring (bicyclic) bond motifs is 1. The number of amides is 1. The Balaban J connectivity index is 1.54. The van der Waals surface area contributed by atoms with Crippen molar-refractivity contribution in [2.24, 2.45) is 5.92 Å². The van der Waals surface area contributed by atoms with Gasteiger partial charge in [-0.1, -0.05) is 30.3 Å². The van der Waals surface area contributed by atoms with Gasteiger partial charge in [0.25, 0.3) is 0 Å². The first kappa shape index (κ1) is 14.4. The minimum atomic E-state index is -0.434. The van der Waals surface area contributed by atoms with Crippen molar-refractivity contribution < 1.29 is 9.53 Å². The fourth-order valence-electron chi connectivity index (χ4n) is 3.38. The van der Waals surface area contributed by atoms with Crippen molar-refractivity contribution in [3.8, 4) is 0 Å². The molecule has 4 nitrogen and oxygen atoms in total. The van der Waals surface area contributed by atoms with Gasteiger partial charge < -0.3 is 10.1 Å². The number of nitrogens with one attached hydrogen (secondary N) is 1. The molecule has 3 aliphatic rings. The molecule has 3 unspecified atom stereocenters. The van der Waals surface area contributed by atoms with E-state index in [0.29, 0.717) is 12.0 Å². The summed E-state index contributed by atoms with van der Waals surface area (Å²) in [6.45, 7) is 7.71. The Morgan fingerprint density at radius 2 is 2.05 bits per heavy atom. The molecule has 3 fully saturated rings. The van der Waals surface area contributed by atoms with Crippen LogP contribution in [0.5, 0.6) is 0 Å². The second-order valence-electron chi connectivity index (χ2n) is 7.15. The van der Waals surface area contributed by atoms with Gasteiger partial charge in [-0.2, -0.15) is 0 Å². The Labute approximate surface area is 126 Å². The lowest BCUT2D eigenvalue weighted by molar-refractivity contribution is 0.0431. The lowest BCUT2D eigenvalue weighted by Crippen LogP contribution is -2.55. The van der Waals surface area contributed by atoms with Crippen LogP contribution in [0.4, 0.5) is 4.79 Å². The lowest BCUT2D eigenvalue weighted by atomic mass is 9.80. The van der Waals surface area contributed by atoms with Crippen LogP contribution in [-0.2, 0) is 11.3 Å². The number of rotatable bonds is 3. The third kappa shape index (κ3) is 3.21. The molecule has 0 aromatic heterocycles. The fraction of sp³-hybridized carbons (Fsp3) is 0.588. The molecule has 2 aliphatic heterocycles. The van der Waals surface area contributed by atoms with Crippen molar-refractivity contribution in [1.29, 1.82) is 0 Å². The summed E-state index contributed by atoms with van der Waals surface area (Å²) in [4.78, 5) is 14.4. The number of nitrogens with zero attached hydrogens (tertiary/aromatic N) is 1. The van der Waals surface area contributed by atoms with Gasteiger partial charge in [-0.3, -0.25) is 4.90 Å². The molecule has 2 saturated heterocycles. The van der Waals surface area contributed by atoms with Crippen molar-refractivity contribution in [1.82, 2.24) is 10.2 Å². The monoisotopic (exact) mass is 288 g/mol. The molecule has 114 valence electrons. The van der Waals surface area contributed by atoms with Gasteiger partial charge in [0.1, 0.15) is 5.60 Å². The van der Waals surface area contributed by atoms with Crippen molar-refractivity contribution in [2.45, 2.75) is 51.4 Å². The number of hydrogen-bond acceptors (Lipinski definition) is 3. The zero-order valence-corrected chi connectivity index (χ0v) is 13.0. The van der Waals surface area contributed by atoms with Crippen LogP contribution in [0.1, 0.15) is 32.8 Å². The van der Waals surface area contributed by atoms with E-state index in [9.17, 15) is 4.79 Å². The highest BCUT2D eigenvalue weighted by Gasteiger charge is 2.52. The maximum Gasteiger partial charge on any atom is 0.407 e. The number of carbonyl (C=O) groups is 1. The number of benzene rings is 1. The van der Waals surface area contributed by atoms with E-state index in [-0.39, 0.29) is 12.1 Å². The van der Waals surface area contributed by atoms with Crippen molar-refractivity contribution in [3.05, 3.63) is 35.9 Å². The third-order valence-corrected chi connectivity index (χ3v) is 4.32. The smallest absolute Gasteiger partial charge is 0.407 e. The Morgan fingerprint density at radius 1 is 1.33 bits per heavy atom. The van der Waals surface area contributed by atoms with Crippen molar-refractivity contribution in [2.75, 3.05) is 6.54 Å². The van der Waals surface area contributed by atoms with Crippen LogP contribution in [-0.4, -0.2) is 35.2 Å². The van der Waals surface area contributed by atoms with Crippen molar-refractivity contribution in [3.63, 3.8) is 0 Å². The zero-order valence-electron chi connectivity index (χ0n) is 13.0. The minimum absolute atomic E-state index is 0.253. The summed E-state index contributed by atoms with van der Waals surface area (Å²) in [6, 6.07) is 11.2. The lowest BCUT2D eigenvalue weighted by Gasteiger charge is -2.37. The van der Waals surface area contributed by atoms with Crippen molar-refractivity contribution >= 4 is 6.09 Å². The van der Waals surface area contributed by atoms with E-state index in [1.807, 2.05) is 26.8 Å². The summed E-state index contributed by atoms with van der Waals surface area (Å²) in [6.07, 6.45) is 0.900. The maximum absolute atomic E-state index is 11.9. The molecule has 2 bridgehead atoms. The van der Waals surface area contributed by atoms with E-state index in [2.05, 4.69) is 34.5 Å². The molecule has 1 N–H and O–H groups in total. The standard InChI is InChI=1S/C17H24N2O2/c1-17(2,3)21-16(20)18-15-13-9-14(15)19(11-13)10-12-7-5-4-6-8-12/h4-8,13-15H,9-11H2,1-3H3,(H,18,20). The highest BCUT2D eigenvalue weighted by molar-refractivity contribution is 5.68. The summed E-state index contributed by atoms with van der Waals surface area (Å²) in [7, 11) is 0. The largest absolute Gasteiger partial charge is 0.444 e. The zero-order chi connectivity index (χ0) is 15.0. The Morgan fingerprint density at radius 3 is 2.71 bits per heavy atom. The molecule has 1 aliphatic carbocycles. The SMILES string of the molecule is CC(C)(C)OC(=O)NC1C2CC1N(Cc1ccccc1)C2. The van der Waals surface area contributed by atoms with Gasteiger partial charge in [-0.05, 0) is 38.7 Å². The maximum atomic E-state index is 11.9. The van der Waals surface area contributed by atoms with E-state index in [0.717, 1.165) is 13.1 Å². The molecule has 4 heteroatoms. The molecule has 3 atom stereocenters. The summed E-state index contributed by atoms with van der Waals surface area (Å²) in [5.74, 6) is 0.575. The van der Waals surface area contributed by atoms with Gasteiger partial charge in [-0.25, -0.2) is 4.79 Å². The molecular weight excluding hydrogens is 264 g/mol. The number of ether oxygens (including phenoxy) is 1. The van der Waals surface area contributed by atoms with Gasteiger partial charge in [0, 0.05) is 19.1 Å². The molecule has 0 radical (unpaired) electrons. The van der Waals surface area contributed by atoms with Crippen LogP contribution < -0.4 is 5.32 Å². The second-order valence-corrected chi connectivity index (χ2v) is 7.15. The molecule has 4 rings (SSSR count). The van der Waals surface area contributed by atoms with Crippen LogP contribution in [0.2, 0.25) is 0 Å². The molecule has 1 aromatic carbocycles. The van der Waals surface area contributed by atoms with Gasteiger partial charge in [0.05, 0.1) is 6.04 Å². The first-order chi connectivity index (χ1) is 9.92. The molecule has 1 saturated carbocycles. The molecule has 1 aromatic rings. The average molecular weight is 288 g/mol. The first-order valence-electron chi connectivity index (χ1n) is 7.70. The van der Waals surface area contributed by atoms with Gasteiger partial charge in [0.2, 0.25) is 0 Å². The van der Waals surface area contributed by atoms with E-state index in [1.54, 1.807) is 0 Å². The Kier molecular flexibility index (Phi) is 3.66. The first-order valence-corrected chi connectivity index (χ1v) is 7.70. The fourth-order valence-corrected chi connectivity index (χ4v) is 3.38. The topological polar surface area (TPSA) is 41.6 Å². The quantitative estimate of drug-likeness (QED) is 0.930. The van der Waals surface area contributed by atoms with Crippen LogP contribution in [0, 0.1) is 5.92 Å². The second kappa shape index (κ2) is 5.34. The molecule has 21 heavy (non-hydrogen) atoms. The molecule has 1 amide bonds. The summed E-state index contributed by atoms with van der Waals surface area (Å²) in [5, 5.41) is 3.05. The van der Waals surface area contributed by atoms with Crippen LogP contribution in [0.3, 0.4) is 0 Å². The summed E-state index contributed by atoms with van der Waals surface area (Å²) < 4.78 is 5.35.